The number of aryl methyl sites for hydroxylation is 1. The number of carbonyl (C=O) groups is 1. The quantitative estimate of drug-likeness (QED) is 0.831. The minimum absolute atomic E-state index is 0.0911. The Morgan fingerprint density at radius 3 is 2.92 bits per heavy atom. The van der Waals surface area contributed by atoms with Gasteiger partial charge in [-0.3, -0.25) is 4.98 Å². The lowest BCUT2D eigenvalue weighted by Crippen LogP contribution is -2.48. The third-order valence-corrected chi connectivity index (χ3v) is 5.18. The summed E-state index contributed by atoms with van der Waals surface area (Å²) in [4.78, 5) is 18.9. The number of urea groups is 1. The maximum Gasteiger partial charge on any atom is 0.317 e. The SMILES string of the molecule is O=C(NCc1c(F)cccc1Cl)N1CCCCC1CCc1ccccn1. The van der Waals surface area contributed by atoms with Crippen molar-refractivity contribution in [1.82, 2.24) is 15.2 Å². The van der Waals surface area contributed by atoms with Gasteiger partial charge < -0.3 is 10.2 Å². The Morgan fingerprint density at radius 2 is 2.15 bits per heavy atom. The molecule has 26 heavy (non-hydrogen) atoms. The largest absolute Gasteiger partial charge is 0.334 e. The fourth-order valence-corrected chi connectivity index (χ4v) is 3.63. The van der Waals surface area contributed by atoms with E-state index in [-0.39, 0.29) is 18.6 Å². The van der Waals surface area contributed by atoms with E-state index in [0.29, 0.717) is 10.6 Å². The summed E-state index contributed by atoms with van der Waals surface area (Å²) in [5.41, 5.74) is 1.36. The number of hydrogen-bond acceptors (Lipinski definition) is 2. The number of amides is 2. The van der Waals surface area contributed by atoms with Crippen LogP contribution in [-0.2, 0) is 13.0 Å². The summed E-state index contributed by atoms with van der Waals surface area (Å²) in [7, 11) is 0. The second-order valence-corrected chi connectivity index (χ2v) is 6.97. The van der Waals surface area contributed by atoms with E-state index in [9.17, 15) is 9.18 Å². The smallest absolute Gasteiger partial charge is 0.317 e. The monoisotopic (exact) mass is 375 g/mol. The van der Waals surface area contributed by atoms with E-state index in [1.54, 1.807) is 18.3 Å². The van der Waals surface area contributed by atoms with Gasteiger partial charge in [0.25, 0.3) is 0 Å². The van der Waals surface area contributed by atoms with Crippen LogP contribution in [0.2, 0.25) is 5.02 Å². The van der Waals surface area contributed by atoms with Gasteiger partial charge in [0.05, 0.1) is 0 Å². The first-order valence-corrected chi connectivity index (χ1v) is 9.40. The van der Waals surface area contributed by atoms with Crippen LogP contribution >= 0.6 is 11.6 Å². The third kappa shape index (κ3) is 4.73. The normalized spacial score (nSPS) is 17.2. The van der Waals surface area contributed by atoms with Gasteiger partial charge in [0.2, 0.25) is 0 Å². The summed E-state index contributed by atoms with van der Waals surface area (Å²) in [5, 5.41) is 3.15. The van der Waals surface area contributed by atoms with Gasteiger partial charge in [0.1, 0.15) is 5.82 Å². The molecule has 1 aromatic carbocycles. The lowest BCUT2D eigenvalue weighted by Gasteiger charge is -2.36. The highest BCUT2D eigenvalue weighted by molar-refractivity contribution is 6.31. The Morgan fingerprint density at radius 1 is 1.27 bits per heavy atom. The Bertz CT molecular complexity index is 721. The molecule has 0 bridgehead atoms. The van der Waals surface area contributed by atoms with Crippen LogP contribution in [0, 0.1) is 5.82 Å². The molecule has 6 heteroatoms. The van der Waals surface area contributed by atoms with Crippen LogP contribution in [0.5, 0.6) is 0 Å². The fourth-order valence-electron chi connectivity index (χ4n) is 3.40. The summed E-state index contributed by atoms with van der Waals surface area (Å²) < 4.78 is 13.9. The zero-order valence-corrected chi connectivity index (χ0v) is 15.4. The Balaban J connectivity index is 1.59. The summed E-state index contributed by atoms with van der Waals surface area (Å²) >= 11 is 6.03. The first-order valence-electron chi connectivity index (χ1n) is 9.02. The molecule has 1 aromatic heterocycles. The number of likely N-dealkylation sites (tertiary alicyclic amines) is 1. The molecule has 138 valence electrons. The van der Waals surface area contributed by atoms with Crippen molar-refractivity contribution in [2.45, 2.75) is 44.7 Å². The molecule has 4 nitrogen and oxygen atoms in total. The standard InChI is InChI=1S/C20H23ClFN3O/c21-18-8-5-9-19(22)17(18)14-24-20(26)25-13-4-2-7-16(25)11-10-15-6-1-3-12-23-15/h1,3,5-6,8-9,12,16H,2,4,7,10-11,13-14H2,(H,24,26). The first kappa shape index (κ1) is 18.6. The molecule has 0 saturated carbocycles. The Hall–Kier alpha value is -2.14. The van der Waals surface area contributed by atoms with Gasteiger partial charge in [-0.05, 0) is 56.4 Å². The summed E-state index contributed by atoms with van der Waals surface area (Å²) in [6.45, 7) is 0.817. The number of hydrogen-bond donors (Lipinski definition) is 1. The van der Waals surface area contributed by atoms with E-state index in [4.69, 9.17) is 11.6 Å². The number of carbonyl (C=O) groups excluding carboxylic acids is 1. The average Bonchev–Trinajstić information content (AvgIpc) is 2.67. The van der Waals surface area contributed by atoms with Crippen molar-refractivity contribution >= 4 is 17.6 Å². The highest BCUT2D eigenvalue weighted by Gasteiger charge is 2.26. The number of nitrogens with one attached hydrogen (secondary N) is 1. The zero-order chi connectivity index (χ0) is 18.4. The molecule has 1 aliphatic rings. The van der Waals surface area contributed by atoms with E-state index in [0.717, 1.165) is 44.3 Å². The predicted octanol–water partition coefficient (Wildman–Crippen LogP) is 4.57. The summed E-state index contributed by atoms with van der Waals surface area (Å²) in [6.07, 6.45) is 6.61. The van der Waals surface area contributed by atoms with Crippen LogP contribution in [0.25, 0.3) is 0 Å². The number of halogens is 2. The van der Waals surface area contributed by atoms with Gasteiger partial charge in [-0.1, -0.05) is 23.7 Å². The van der Waals surface area contributed by atoms with Gasteiger partial charge in [-0.2, -0.15) is 0 Å². The second-order valence-electron chi connectivity index (χ2n) is 6.56. The van der Waals surface area contributed by atoms with Crippen LogP contribution < -0.4 is 5.32 Å². The predicted molar refractivity (Wildman–Crippen MR) is 101 cm³/mol. The molecule has 1 unspecified atom stereocenters. The number of rotatable bonds is 5. The summed E-state index contributed by atoms with van der Waals surface area (Å²) in [5.74, 6) is -0.400. The van der Waals surface area contributed by atoms with Gasteiger partial charge >= 0.3 is 6.03 Å². The minimum atomic E-state index is -0.400. The maximum atomic E-state index is 13.9. The molecular weight excluding hydrogens is 353 g/mol. The van der Waals surface area contributed by atoms with Gasteiger partial charge in [0.15, 0.2) is 0 Å². The van der Waals surface area contributed by atoms with E-state index in [1.807, 2.05) is 23.1 Å². The Kier molecular flexibility index (Phi) is 6.45. The molecule has 1 N–H and O–H groups in total. The average molecular weight is 376 g/mol. The lowest BCUT2D eigenvalue weighted by molar-refractivity contribution is 0.146. The number of benzene rings is 1. The molecule has 0 spiro atoms. The van der Waals surface area contributed by atoms with Crippen molar-refractivity contribution in [2.75, 3.05) is 6.54 Å². The van der Waals surface area contributed by atoms with Crippen LogP contribution in [-0.4, -0.2) is 28.5 Å². The molecule has 2 heterocycles. The maximum absolute atomic E-state index is 13.9. The number of pyridine rings is 1. The molecule has 0 radical (unpaired) electrons. The molecule has 1 saturated heterocycles. The van der Waals surface area contributed by atoms with Crippen LogP contribution in [0.15, 0.2) is 42.6 Å². The van der Waals surface area contributed by atoms with Crippen LogP contribution in [0.3, 0.4) is 0 Å². The van der Waals surface area contributed by atoms with Crippen molar-refractivity contribution in [3.05, 3.63) is 64.7 Å². The minimum Gasteiger partial charge on any atom is -0.334 e. The molecule has 1 atom stereocenters. The fraction of sp³-hybridized carbons (Fsp3) is 0.400. The lowest BCUT2D eigenvalue weighted by atomic mass is 9.97. The van der Waals surface area contributed by atoms with E-state index < -0.39 is 5.82 Å². The van der Waals surface area contributed by atoms with Crippen molar-refractivity contribution in [3.8, 4) is 0 Å². The van der Waals surface area contributed by atoms with Gasteiger partial charge in [-0.15, -0.1) is 0 Å². The van der Waals surface area contributed by atoms with E-state index >= 15 is 0 Å². The first-order chi connectivity index (χ1) is 12.6. The molecule has 1 aliphatic heterocycles. The van der Waals surface area contributed by atoms with E-state index in [2.05, 4.69) is 10.3 Å². The highest BCUT2D eigenvalue weighted by Crippen LogP contribution is 2.22. The molecule has 0 aliphatic carbocycles. The van der Waals surface area contributed by atoms with Crippen LogP contribution in [0.1, 0.15) is 36.9 Å². The topological polar surface area (TPSA) is 45.2 Å². The molecule has 2 aromatic rings. The number of piperidine rings is 1. The van der Waals surface area contributed by atoms with E-state index in [1.165, 1.54) is 6.07 Å². The van der Waals surface area contributed by atoms with Crippen molar-refractivity contribution < 1.29 is 9.18 Å². The molecule has 2 amide bonds. The molecule has 3 rings (SSSR count). The highest BCUT2D eigenvalue weighted by atomic mass is 35.5. The number of nitrogens with zero attached hydrogens (tertiary/aromatic N) is 2. The van der Waals surface area contributed by atoms with Crippen molar-refractivity contribution in [3.63, 3.8) is 0 Å². The molecule has 1 fully saturated rings. The second kappa shape index (κ2) is 8.99. The van der Waals surface area contributed by atoms with Crippen molar-refractivity contribution in [1.29, 1.82) is 0 Å². The number of aromatic nitrogens is 1. The molecular formula is C20H23ClFN3O. The third-order valence-electron chi connectivity index (χ3n) is 4.83. The van der Waals surface area contributed by atoms with Crippen molar-refractivity contribution in [2.24, 2.45) is 0 Å². The Labute approximate surface area is 158 Å². The summed E-state index contributed by atoms with van der Waals surface area (Å²) in [6, 6.07) is 10.4. The zero-order valence-electron chi connectivity index (χ0n) is 14.6. The van der Waals surface area contributed by atoms with Gasteiger partial charge in [0, 0.05) is 41.6 Å². The van der Waals surface area contributed by atoms with Gasteiger partial charge in [-0.25, -0.2) is 9.18 Å². The van der Waals surface area contributed by atoms with Crippen LogP contribution in [0.4, 0.5) is 9.18 Å².